The molecule has 5 nitrogen and oxygen atoms in total. The van der Waals surface area contributed by atoms with Crippen molar-refractivity contribution in [3.05, 3.63) is 0 Å². The van der Waals surface area contributed by atoms with Crippen molar-refractivity contribution in [1.82, 2.24) is 0 Å². The summed E-state index contributed by atoms with van der Waals surface area (Å²) >= 11 is 0. The molecule has 0 fully saturated rings. The summed E-state index contributed by atoms with van der Waals surface area (Å²) < 4.78 is 10.1. The average molecular weight is 252 g/mol. The molecular weight excluding hydrogens is 224 g/mol. The minimum Gasteiger partial charge on any atom is -0.396 e. The van der Waals surface area contributed by atoms with E-state index in [2.05, 4.69) is 0 Å². The number of aliphatic hydroxyl groups is 3. The Hall–Kier alpha value is -0.200. The number of aliphatic hydroxyl groups excluding tert-OH is 3. The third-order valence-corrected chi connectivity index (χ3v) is 2.09. The van der Waals surface area contributed by atoms with Gasteiger partial charge in [-0.15, -0.1) is 0 Å². The third-order valence-electron chi connectivity index (χ3n) is 2.09. The molecule has 2 atom stereocenters. The van der Waals surface area contributed by atoms with Crippen LogP contribution < -0.4 is 0 Å². The maximum Gasteiger partial charge on any atom is 0.0779 e. The van der Waals surface area contributed by atoms with Gasteiger partial charge < -0.3 is 24.8 Å². The molecule has 0 rings (SSSR count). The van der Waals surface area contributed by atoms with Gasteiger partial charge in [0.25, 0.3) is 0 Å². The van der Waals surface area contributed by atoms with Gasteiger partial charge in [-0.3, -0.25) is 0 Å². The SMILES string of the molecule is COC(C)COC(C)CO.OCCCCCO. The quantitative estimate of drug-likeness (QED) is 0.523. The molecule has 2 unspecified atom stereocenters. The molecule has 0 aliphatic rings. The number of methoxy groups -OCH3 is 1. The summed E-state index contributed by atoms with van der Waals surface area (Å²) in [7, 11) is 1.64. The first-order valence-corrected chi connectivity index (χ1v) is 6.09. The Labute approximate surface area is 104 Å². The predicted molar refractivity (Wildman–Crippen MR) is 67.0 cm³/mol. The smallest absolute Gasteiger partial charge is 0.0779 e. The summed E-state index contributed by atoms with van der Waals surface area (Å²) in [6, 6.07) is 0. The van der Waals surface area contributed by atoms with Crippen molar-refractivity contribution in [2.45, 2.75) is 45.3 Å². The van der Waals surface area contributed by atoms with E-state index in [1.807, 2.05) is 13.8 Å². The minimum atomic E-state index is -0.0856. The van der Waals surface area contributed by atoms with Crippen LogP contribution in [0.1, 0.15) is 33.1 Å². The first kappa shape index (κ1) is 19.1. The Bertz CT molecular complexity index is 118. The lowest BCUT2D eigenvalue weighted by atomic mass is 10.2. The van der Waals surface area contributed by atoms with Crippen molar-refractivity contribution in [3.8, 4) is 0 Å². The van der Waals surface area contributed by atoms with Crippen LogP contribution in [0, 0.1) is 0 Å². The molecule has 0 radical (unpaired) electrons. The molecule has 0 amide bonds. The second-order valence-electron chi connectivity index (χ2n) is 3.88. The van der Waals surface area contributed by atoms with E-state index in [-0.39, 0.29) is 32.0 Å². The fraction of sp³-hybridized carbons (Fsp3) is 1.00. The van der Waals surface area contributed by atoms with E-state index in [9.17, 15) is 0 Å². The van der Waals surface area contributed by atoms with Gasteiger partial charge in [0.15, 0.2) is 0 Å². The Morgan fingerprint density at radius 1 is 0.882 bits per heavy atom. The van der Waals surface area contributed by atoms with Crippen LogP contribution in [0.3, 0.4) is 0 Å². The van der Waals surface area contributed by atoms with Gasteiger partial charge in [-0.05, 0) is 33.1 Å². The maximum atomic E-state index is 8.55. The van der Waals surface area contributed by atoms with E-state index in [1.54, 1.807) is 7.11 Å². The Morgan fingerprint density at radius 3 is 1.76 bits per heavy atom. The molecule has 0 spiro atoms. The Kier molecular flexibility index (Phi) is 17.8. The molecule has 0 heterocycles. The lowest BCUT2D eigenvalue weighted by Gasteiger charge is -2.13. The van der Waals surface area contributed by atoms with Gasteiger partial charge in [0, 0.05) is 20.3 Å². The van der Waals surface area contributed by atoms with Gasteiger partial charge in [-0.2, -0.15) is 0 Å². The fourth-order valence-corrected chi connectivity index (χ4v) is 0.821. The van der Waals surface area contributed by atoms with E-state index < -0.39 is 0 Å². The van der Waals surface area contributed by atoms with Crippen LogP contribution in [0.2, 0.25) is 0 Å². The zero-order chi connectivity index (χ0) is 13.5. The fourth-order valence-electron chi connectivity index (χ4n) is 0.821. The van der Waals surface area contributed by atoms with Crippen LogP contribution in [0.5, 0.6) is 0 Å². The minimum absolute atomic E-state index is 0.0659. The van der Waals surface area contributed by atoms with Gasteiger partial charge in [0.05, 0.1) is 25.4 Å². The van der Waals surface area contributed by atoms with Crippen LogP contribution in [0.4, 0.5) is 0 Å². The summed E-state index contributed by atoms with van der Waals surface area (Å²) in [6.07, 6.45) is 2.60. The van der Waals surface area contributed by atoms with Crippen LogP contribution in [0.25, 0.3) is 0 Å². The lowest BCUT2D eigenvalue weighted by molar-refractivity contribution is -0.0313. The van der Waals surface area contributed by atoms with E-state index >= 15 is 0 Å². The molecule has 106 valence electrons. The van der Waals surface area contributed by atoms with Crippen molar-refractivity contribution in [2.75, 3.05) is 33.5 Å². The second-order valence-corrected chi connectivity index (χ2v) is 3.88. The highest BCUT2D eigenvalue weighted by Gasteiger charge is 2.03. The summed E-state index contributed by atoms with van der Waals surface area (Å²) in [6.45, 7) is 4.85. The highest BCUT2D eigenvalue weighted by molar-refractivity contribution is 4.49. The van der Waals surface area contributed by atoms with Crippen LogP contribution in [0.15, 0.2) is 0 Å². The molecule has 3 N–H and O–H groups in total. The summed E-state index contributed by atoms with van der Waals surface area (Å²) in [5.74, 6) is 0. The van der Waals surface area contributed by atoms with Gasteiger partial charge in [0.1, 0.15) is 0 Å². The Balaban J connectivity index is 0. The molecule has 0 aromatic heterocycles. The number of ether oxygens (including phenoxy) is 2. The standard InChI is InChI=1S/C7H16O3.C5H12O2/c1-6(4-8)10-5-7(2)9-3;6-4-2-1-3-5-7/h6-8H,4-5H2,1-3H3;6-7H,1-5H2. The molecule has 5 heteroatoms. The van der Waals surface area contributed by atoms with E-state index in [0.29, 0.717) is 6.61 Å². The van der Waals surface area contributed by atoms with Crippen molar-refractivity contribution < 1.29 is 24.8 Å². The first-order chi connectivity index (χ1) is 8.12. The van der Waals surface area contributed by atoms with Crippen molar-refractivity contribution >= 4 is 0 Å². The van der Waals surface area contributed by atoms with Gasteiger partial charge >= 0.3 is 0 Å². The van der Waals surface area contributed by atoms with E-state index in [1.165, 1.54) is 0 Å². The topological polar surface area (TPSA) is 79.2 Å². The number of unbranched alkanes of at least 4 members (excludes halogenated alkanes) is 2. The van der Waals surface area contributed by atoms with Gasteiger partial charge in [-0.25, -0.2) is 0 Å². The van der Waals surface area contributed by atoms with E-state index in [0.717, 1.165) is 19.3 Å². The summed E-state index contributed by atoms with van der Waals surface area (Å²) in [5.41, 5.74) is 0. The highest BCUT2D eigenvalue weighted by atomic mass is 16.5. The molecule has 0 aromatic rings. The molecular formula is C12H28O5. The Morgan fingerprint density at radius 2 is 1.41 bits per heavy atom. The van der Waals surface area contributed by atoms with Crippen LogP contribution in [-0.2, 0) is 9.47 Å². The first-order valence-electron chi connectivity index (χ1n) is 6.09. The highest BCUT2D eigenvalue weighted by Crippen LogP contribution is 1.93. The summed E-state index contributed by atoms with van der Waals surface area (Å²) in [5, 5.41) is 25.0. The molecule has 0 aliphatic carbocycles. The predicted octanol–water partition coefficient (Wildman–Crippen LogP) is 0.560. The monoisotopic (exact) mass is 252 g/mol. The zero-order valence-electron chi connectivity index (χ0n) is 11.3. The second kappa shape index (κ2) is 15.8. The van der Waals surface area contributed by atoms with Crippen LogP contribution in [-0.4, -0.2) is 61.1 Å². The van der Waals surface area contributed by atoms with E-state index in [4.69, 9.17) is 24.8 Å². The molecule has 0 aromatic carbocycles. The maximum absolute atomic E-state index is 8.55. The molecule has 17 heavy (non-hydrogen) atoms. The van der Waals surface area contributed by atoms with Gasteiger partial charge in [0.2, 0.25) is 0 Å². The number of hydrogen-bond acceptors (Lipinski definition) is 5. The zero-order valence-corrected chi connectivity index (χ0v) is 11.3. The average Bonchev–Trinajstić information content (AvgIpc) is 2.36. The number of rotatable bonds is 9. The van der Waals surface area contributed by atoms with Crippen molar-refractivity contribution in [2.24, 2.45) is 0 Å². The molecule has 0 saturated heterocycles. The van der Waals surface area contributed by atoms with Gasteiger partial charge in [-0.1, -0.05) is 0 Å². The van der Waals surface area contributed by atoms with Crippen LogP contribution >= 0.6 is 0 Å². The normalized spacial score (nSPS) is 13.8. The van der Waals surface area contributed by atoms with Crippen molar-refractivity contribution in [1.29, 1.82) is 0 Å². The van der Waals surface area contributed by atoms with Crippen molar-refractivity contribution in [3.63, 3.8) is 0 Å². The lowest BCUT2D eigenvalue weighted by Crippen LogP contribution is -2.21. The largest absolute Gasteiger partial charge is 0.396 e. The third kappa shape index (κ3) is 18.4. The summed E-state index contributed by atoms with van der Waals surface area (Å²) in [4.78, 5) is 0. The number of hydrogen-bond donors (Lipinski definition) is 3. The molecule has 0 bridgehead atoms. The molecule has 0 saturated carbocycles. The molecule has 0 aliphatic heterocycles.